The molecule has 0 fully saturated rings. The number of rotatable bonds is 5. The average molecular weight is 412 g/mol. The summed E-state index contributed by atoms with van der Waals surface area (Å²) in [6.45, 7) is 2.04. The Kier molecular flexibility index (Phi) is 5.94. The lowest BCUT2D eigenvalue weighted by atomic mass is 9.78. The molecule has 0 nitrogen and oxygen atoms in total. The van der Waals surface area contributed by atoms with Crippen LogP contribution in [0, 0.1) is 23.3 Å². The molecule has 1 atom stereocenters. The summed E-state index contributed by atoms with van der Waals surface area (Å²) < 4.78 is 57.5. The molecule has 0 bridgehead atoms. The second-order valence-corrected chi connectivity index (χ2v) is 8.12. The van der Waals surface area contributed by atoms with E-state index in [0.29, 0.717) is 42.4 Å². The smallest absolute Gasteiger partial charge is 0.131 e. The Bertz CT molecular complexity index is 1030. The first-order valence-electron chi connectivity index (χ1n) is 10.5. The molecule has 0 radical (unpaired) electrons. The molecule has 1 aliphatic rings. The zero-order valence-corrected chi connectivity index (χ0v) is 17.0. The molecule has 0 heterocycles. The fourth-order valence-corrected chi connectivity index (χ4v) is 4.43. The van der Waals surface area contributed by atoms with E-state index in [9.17, 15) is 17.6 Å². The van der Waals surface area contributed by atoms with E-state index in [-0.39, 0.29) is 17.3 Å². The van der Waals surface area contributed by atoms with Crippen molar-refractivity contribution in [3.8, 4) is 11.1 Å². The molecule has 4 rings (SSSR count). The highest BCUT2D eigenvalue weighted by Gasteiger charge is 2.27. The second-order valence-electron chi connectivity index (χ2n) is 8.12. The van der Waals surface area contributed by atoms with Gasteiger partial charge in [0.05, 0.1) is 0 Å². The van der Waals surface area contributed by atoms with Crippen molar-refractivity contribution in [2.24, 2.45) is 0 Å². The summed E-state index contributed by atoms with van der Waals surface area (Å²) >= 11 is 0. The zero-order chi connectivity index (χ0) is 21.3. The quantitative estimate of drug-likeness (QED) is 0.380. The first kappa shape index (κ1) is 20.6. The number of hydrogen-bond acceptors (Lipinski definition) is 0. The third kappa shape index (κ3) is 4.14. The molecule has 0 saturated heterocycles. The van der Waals surface area contributed by atoms with E-state index in [0.717, 1.165) is 24.0 Å². The van der Waals surface area contributed by atoms with Crippen LogP contribution in [-0.4, -0.2) is 0 Å². The number of benzene rings is 3. The summed E-state index contributed by atoms with van der Waals surface area (Å²) in [7, 11) is 0. The SMILES string of the molecule is CCCCc1cc(F)c(C2CCc3cc(-c4ccc(F)cc4)c(F)cc3C2)c(F)c1. The molecule has 156 valence electrons. The van der Waals surface area contributed by atoms with Gasteiger partial charge in [-0.3, -0.25) is 0 Å². The summed E-state index contributed by atoms with van der Waals surface area (Å²) in [6, 6.07) is 11.9. The molecular formula is C26H24F4. The molecule has 0 aliphatic heterocycles. The molecule has 1 aliphatic carbocycles. The van der Waals surface area contributed by atoms with E-state index in [1.54, 1.807) is 18.2 Å². The molecule has 0 N–H and O–H groups in total. The van der Waals surface area contributed by atoms with Gasteiger partial charge in [0.25, 0.3) is 0 Å². The van der Waals surface area contributed by atoms with Crippen molar-refractivity contribution >= 4 is 0 Å². The van der Waals surface area contributed by atoms with Crippen LogP contribution >= 0.6 is 0 Å². The van der Waals surface area contributed by atoms with E-state index < -0.39 is 17.5 Å². The van der Waals surface area contributed by atoms with Gasteiger partial charge in [-0.2, -0.15) is 0 Å². The molecule has 0 spiro atoms. The molecular weight excluding hydrogens is 388 g/mol. The van der Waals surface area contributed by atoms with Gasteiger partial charge in [0.15, 0.2) is 0 Å². The zero-order valence-electron chi connectivity index (χ0n) is 17.0. The molecule has 3 aromatic rings. The van der Waals surface area contributed by atoms with Crippen molar-refractivity contribution in [3.63, 3.8) is 0 Å². The van der Waals surface area contributed by atoms with Crippen molar-refractivity contribution in [1.82, 2.24) is 0 Å². The monoisotopic (exact) mass is 412 g/mol. The maximum Gasteiger partial charge on any atom is 0.131 e. The first-order chi connectivity index (χ1) is 14.5. The van der Waals surface area contributed by atoms with Crippen molar-refractivity contribution in [1.29, 1.82) is 0 Å². The normalized spacial score (nSPS) is 15.8. The molecule has 1 unspecified atom stereocenters. The van der Waals surface area contributed by atoms with Crippen LogP contribution in [-0.2, 0) is 19.3 Å². The summed E-state index contributed by atoms with van der Waals surface area (Å²) in [4.78, 5) is 0. The van der Waals surface area contributed by atoms with Crippen LogP contribution in [0.3, 0.4) is 0 Å². The number of aryl methyl sites for hydroxylation is 2. The van der Waals surface area contributed by atoms with Crippen LogP contribution in [0.1, 0.15) is 54.4 Å². The number of hydrogen-bond donors (Lipinski definition) is 0. The molecule has 3 aromatic carbocycles. The van der Waals surface area contributed by atoms with Crippen molar-refractivity contribution < 1.29 is 17.6 Å². The summed E-state index contributed by atoms with van der Waals surface area (Å²) in [6.07, 6.45) is 4.14. The minimum Gasteiger partial charge on any atom is -0.207 e. The van der Waals surface area contributed by atoms with Crippen LogP contribution in [0.4, 0.5) is 17.6 Å². The van der Waals surface area contributed by atoms with Crippen molar-refractivity contribution in [3.05, 3.63) is 94.1 Å². The third-order valence-electron chi connectivity index (χ3n) is 6.04. The lowest BCUT2D eigenvalue weighted by molar-refractivity contribution is 0.488. The van der Waals surface area contributed by atoms with Crippen LogP contribution in [0.2, 0.25) is 0 Å². The molecule has 0 saturated carbocycles. The lowest BCUT2D eigenvalue weighted by Gasteiger charge is -2.26. The third-order valence-corrected chi connectivity index (χ3v) is 6.04. The van der Waals surface area contributed by atoms with Crippen LogP contribution in [0.25, 0.3) is 11.1 Å². The predicted molar refractivity (Wildman–Crippen MR) is 112 cm³/mol. The fourth-order valence-electron chi connectivity index (χ4n) is 4.43. The van der Waals surface area contributed by atoms with E-state index in [4.69, 9.17) is 0 Å². The van der Waals surface area contributed by atoms with E-state index in [1.165, 1.54) is 30.3 Å². The summed E-state index contributed by atoms with van der Waals surface area (Å²) in [5.41, 5.74) is 3.59. The highest BCUT2D eigenvalue weighted by molar-refractivity contribution is 5.66. The van der Waals surface area contributed by atoms with Gasteiger partial charge in [-0.1, -0.05) is 25.5 Å². The predicted octanol–water partition coefficient (Wildman–Crippen LogP) is 7.53. The van der Waals surface area contributed by atoms with Gasteiger partial charge in [0.1, 0.15) is 23.3 Å². The van der Waals surface area contributed by atoms with Crippen LogP contribution < -0.4 is 0 Å². The van der Waals surface area contributed by atoms with Crippen LogP contribution in [0.5, 0.6) is 0 Å². The number of halogens is 4. The largest absolute Gasteiger partial charge is 0.207 e. The second kappa shape index (κ2) is 8.63. The van der Waals surface area contributed by atoms with Gasteiger partial charge in [-0.15, -0.1) is 0 Å². The van der Waals surface area contributed by atoms with Gasteiger partial charge < -0.3 is 0 Å². The van der Waals surface area contributed by atoms with E-state index in [2.05, 4.69) is 0 Å². The molecule has 4 heteroatoms. The lowest BCUT2D eigenvalue weighted by Crippen LogP contribution is -2.16. The molecule has 0 amide bonds. The maximum absolute atomic E-state index is 14.8. The topological polar surface area (TPSA) is 0 Å². The van der Waals surface area contributed by atoms with E-state index >= 15 is 0 Å². The number of unbranched alkanes of at least 4 members (excludes halogenated alkanes) is 1. The standard InChI is InChI=1S/C26H24F4/c1-2-3-4-16-11-24(29)26(25(30)12-16)19-6-5-18-14-22(23(28)15-20(18)13-19)17-7-9-21(27)10-8-17/h7-12,14-15,19H,2-6,13H2,1H3. The Balaban J connectivity index is 1.61. The summed E-state index contributed by atoms with van der Waals surface area (Å²) in [5.74, 6) is -2.09. The molecule has 30 heavy (non-hydrogen) atoms. The van der Waals surface area contributed by atoms with Gasteiger partial charge in [-0.25, -0.2) is 17.6 Å². The Labute approximate surface area is 174 Å². The molecule has 0 aromatic heterocycles. The number of fused-ring (bicyclic) bond motifs is 1. The van der Waals surface area contributed by atoms with Gasteiger partial charge in [-0.05, 0) is 96.7 Å². The fraction of sp³-hybridized carbons (Fsp3) is 0.308. The van der Waals surface area contributed by atoms with Crippen molar-refractivity contribution in [2.75, 3.05) is 0 Å². The minimum absolute atomic E-state index is 0.115. The van der Waals surface area contributed by atoms with Gasteiger partial charge in [0, 0.05) is 11.1 Å². The Morgan fingerprint density at radius 2 is 1.53 bits per heavy atom. The Morgan fingerprint density at radius 1 is 0.833 bits per heavy atom. The van der Waals surface area contributed by atoms with Crippen molar-refractivity contribution in [2.45, 2.75) is 51.4 Å². The summed E-state index contributed by atoms with van der Waals surface area (Å²) in [5, 5.41) is 0. The minimum atomic E-state index is -0.502. The first-order valence-corrected chi connectivity index (χ1v) is 10.5. The van der Waals surface area contributed by atoms with E-state index in [1.807, 2.05) is 6.92 Å². The highest BCUT2D eigenvalue weighted by atomic mass is 19.1. The Morgan fingerprint density at radius 3 is 2.20 bits per heavy atom. The Hall–Kier alpha value is -2.62. The maximum atomic E-state index is 14.8. The highest BCUT2D eigenvalue weighted by Crippen LogP contribution is 2.38. The van der Waals surface area contributed by atoms with Crippen LogP contribution in [0.15, 0.2) is 48.5 Å². The van der Waals surface area contributed by atoms with Gasteiger partial charge >= 0.3 is 0 Å². The van der Waals surface area contributed by atoms with Gasteiger partial charge in [0.2, 0.25) is 0 Å². The average Bonchev–Trinajstić information content (AvgIpc) is 2.72.